The van der Waals surface area contributed by atoms with Crippen molar-refractivity contribution in [3.05, 3.63) is 46.8 Å². The van der Waals surface area contributed by atoms with Crippen LogP contribution in [-0.4, -0.2) is 32.5 Å². The molecule has 1 aromatic heterocycles. The van der Waals surface area contributed by atoms with Crippen LogP contribution in [-0.2, 0) is 9.84 Å². The van der Waals surface area contributed by atoms with Crippen LogP contribution in [0.15, 0.2) is 40.6 Å². The van der Waals surface area contributed by atoms with Crippen molar-refractivity contribution in [2.45, 2.75) is 24.0 Å². The van der Waals surface area contributed by atoms with E-state index in [1.165, 1.54) is 42.6 Å². The second-order valence-electron chi connectivity index (χ2n) is 5.32. The number of rotatable bonds is 5. The molecule has 0 radical (unpaired) electrons. The Morgan fingerprint density at radius 2 is 1.83 bits per heavy atom. The van der Waals surface area contributed by atoms with Crippen LogP contribution >= 0.6 is 11.3 Å². The van der Waals surface area contributed by atoms with Crippen LogP contribution in [0, 0.1) is 0 Å². The Kier molecular flexibility index (Phi) is 5.40. The first-order chi connectivity index (χ1) is 11.3. The zero-order valence-electron chi connectivity index (χ0n) is 13.5. The van der Waals surface area contributed by atoms with E-state index < -0.39 is 21.0 Å². The quantitative estimate of drug-likeness (QED) is 0.850. The number of amides is 2. The van der Waals surface area contributed by atoms with Gasteiger partial charge in [-0.05, 0) is 43.5 Å². The Labute approximate surface area is 144 Å². The number of nitrogens with one attached hydrogen (secondary N) is 2. The Morgan fingerprint density at radius 1 is 1.12 bits per heavy atom. The number of carbonyl (C=O) groups excluding carboxylic acids is 2. The normalized spacial score (nSPS) is 11.3. The maximum absolute atomic E-state index is 12.4. The maximum atomic E-state index is 12.4. The molecule has 0 unspecified atom stereocenters. The molecule has 6 nitrogen and oxygen atoms in total. The molecule has 0 saturated heterocycles. The molecule has 1 aromatic carbocycles. The van der Waals surface area contributed by atoms with E-state index in [2.05, 4.69) is 10.6 Å². The van der Waals surface area contributed by atoms with Gasteiger partial charge in [0.1, 0.15) is 5.00 Å². The van der Waals surface area contributed by atoms with Crippen LogP contribution in [0.2, 0.25) is 0 Å². The summed E-state index contributed by atoms with van der Waals surface area (Å²) in [6.07, 6.45) is 0. The van der Waals surface area contributed by atoms with Gasteiger partial charge in [-0.15, -0.1) is 11.3 Å². The minimum Gasteiger partial charge on any atom is -0.355 e. The van der Waals surface area contributed by atoms with Crippen LogP contribution in [0.3, 0.4) is 0 Å². The highest BCUT2D eigenvalue weighted by molar-refractivity contribution is 7.92. The van der Waals surface area contributed by atoms with Gasteiger partial charge >= 0.3 is 0 Å². The largest absolute Gasteiger partial charge is 0.355 e. The van der Waals surface area contributed by atoms with E-state index in [9.17, 15) is 18.0 Å². The lowest BCUT2D eigenvalue weighted by Crippen LogP contribution is -2.20. The van der Waals surface area contributed by atoms with Gasteiger partial charge in [0, 0.05) is 12.6 Å². The molecule has 0 atom stereocenters. The molecule has 2 N–H and O–H groups in total. The van der Waals surface area contributed by atoms with Gasteiger partial charge < -0.3 is 10.6 Å². The lowest BCUT2D eigenvalue weighted by molar-refractivity contribution is 0.0964. The molecule has 0 aliphatic heterocycles. The molecule has 2 aromatic rings. The lowest BCUT2D eigenvalue weighted by Gasteiger charge is -2.10. The summed E-state index contributed by atoms with van der Waals surface area (Å²) in [7, 11) is -1.96. The van der Waals surface area contributed by atoms with Gasteiger partial charge in [0.15, 0.2) is 9.84 Å². The summed E-state index contributed by atoms with van der Waals surface area (Å²) in [5.74, 6) is -0.772. The van der Waals surface area contributed by atoms with Crippen LogP contribution < -0.4 is 10.6 Å². The number of hydrogen-bond donors (Lipinski definition) is 2. The summed E-state index contributed by atoms with van der Waals surface area (Å²) in [5.41, 5.74) is 0.579. The molecule has 24 heavy (non-hydrogen) atoms. The van der Waals surface area contributed by atoms with Gasteiger partial charge in [-0.1, -0.05) is 6.07 Å². The minimum absolute atomic E-state index is 0.0999. The third-order valence-electron chi connectivity index (χ3n) is 3.41. The zero-order chi connectivity index (χ0) is 17.9. The number of hydrogen-bond acceptors (Lipinski definition) is 5. The van der Waals surface area contributed by atoms with Crippen LogP contribution in [0.5, 0.6) is 0 Å². The summed E-state index contributed by atoms with van der Waals surface area (Å²) in [6, 6.07) is 7.48. The van der Waals surface area contributed by atoms with Crippen molar-refractivity contribution in [2.24, 2.45) is 0 Å². The van der Waals surface area contributed by atoms with Gasteiger partial charge in [-0.2, -0.15) is 0 Å². The van der Waals surface area contributed by atoms with E-state index in [0.29, 0.717) is 10.6 Å². The van der Waals surface area contributed by atoms with E-state index in [1.54, 1.807) is 25.3 Å². The highest BCUT2D eigenvalue weighted by Crippen LogP contribution is 2.24. The molecule has 0 saturated carbocycles. The molecule has 0 bridgehead atoms. The Hall–Kier alpha value is -2.19. The number of carbonyl (C=O) groups is 2. The first-order valence-electron chi connectivity index (χ1n) is 7.22. The second kappa shape index (κ2) is 7.14. The summed E-state index contributed by atoms with van der Waals surface area (Å²) in [4.78, 5) is 24.2. The third kappa shape index (κ3) is 3.65. The fourth-order valence-corrected chi connectivity index (χ4v) is 3.86. The fourth-order valence-electron chi connectivity index (χ4n) is 1.98. The van der Waals surface area contributed by atoms with Crippen molar-refractivity contribution in [3.8, 4) is 0 Å². The highest BCUT2D eigenvalue weighted by Gasteiger charge is 2.21. The van der Waals surface area contributed by atoms with E-state index in [4.69, 9.17) is 0 Å². The number of thiophene rings is 1. The Morgan fingerprint density at radius 3 is 2.46 bits per heavy atom. The molecule has 2 rings (SSSR count). The lowest BCUT2D eigenvalue weighted by atomic mass is 10.2. The van der Waals surface area contributed by atoms with Crippen LogP contribution in [0.1, 0.15) is 34.6 Å². The Balaban J connectivity index is 2.29. The standard InChI is InChI=1S/C16H18N2O4S2/c1-10(2)24(21,22)12-6-4-5-11(9-12)14(19)18-16-13(7-8-23-16)15(20)17-3/h4-10H,1-3H3,(H,17,20)(H,18,19). The van der Waals surface area contributed by atoms with Gasteiger partial charge in [0.2, 0.25) is 0 Å². The monoisotopic (exact) mass is 366 g/mol. The van der Waals surface area contributed by atoms with Crippen molar-refractivity contribution in [2.75, 3.05) is 12.4 Å². The number of anilines is 1. The fraction of sp³-hybridized carbons (Fsp3) is 0.250. The molecule has 8 heteroatoms. The minimum atomic E-state index is -3.46. The van der Waals surface area contributed by atoms with E-state index in [0.717, 1.165) is 0 Å². The smallest absolute Gasteiger partial charge is 0.256 e. The Bertz CT molecular complexity index is 870. The van der Waals surface area contributed by atoms with Gasteiger partial charge in [0.25, 0.3) is 11.8 Å². The van der Waals surface area contributed by atoms with Crippen molar-refractivity contribution in [1.82, 2.24) is 5.32 Å². The molecule has 0 aliphatic rings. The van der Waals surface area contributed by atoms with Crippen molar-refractivity contribution in [3.63, 3.8) is 0 Å². The SMILES string of the molecule is CNC(=O)c1ccsc1NC(=O)c1cccc(S(=O)(=O)C(C)C)c1. The summed E-state index contributed by atoms with van der Waals surface area (Å²) < 4.78 is 24.4. The molecule has 2 amide bonds. The number of sulfone groups is 1. The van der Waals surface area contributed by atoms with Crippen LogP contribution in [0.25, 0.3) is 0 Å². The molecule has 0 fully saturated rings. The third-order valence-corrected chi connectivity index (χ3v) is 6.39. The van der Waals surface area contributed by atoms with E-state index in [-0.39, 0.29) is 16.4 Å². The van der Waals surface area contributed by atoms with E-state index in [1.807, 2.05) is 0 Å². The predicted molar refractivity (Wildman–Crippen MR) is 94.4 cm³/mol. The molecular weight excluding hydrogens is 348 g/mol. The van der Waals surface area contributed by atoms with Crippen LogP contribution in [0.4, 0.5) is 5.00 Å². The molecule has 0 spiro atoms. The topological polar surface area (TPSA) is 92.3 Å². The first-order valence-corrected chi connectivity index (χ1v) is 9.65. The average molecular weight is 366 g/mol. The first kappa shape index (κ1) is 18.2. The molecular formula is C16H18N2O4S2. The summed E-state index contributed by atoms with van der Waals surface area (Å²) >= 11 is 1.22. The van der Waals surface area contributed by atoms with Crippen molar-refractivity contribution < 1.29 is 18.0 Å². The van der Waals surface area contributed by atoms with Gasteiger partial charge in [0.05, 0.1) is 15.7 Å². The zero-order valence-corrected chi connectivity index (χ0v) is 15.1. The van der Waals surface area contributed by atoms with Crippen molar-refractivity contribution in [1.29, 1.82) is 0 Å². The molecule has 1 heterocycles. The number of benzene rings is 1. The van der Waals surface area contributed by atoms with Gasteiger partial charge in [-0.3, -0.25) is 9.59 Å². The molecule has 0 aliphatic carbocycles. The summed E-state index contributed by atoms with van der Waals surface area (Å²) in [5, 5.41) is 6.68. The second-order valence-corrected chi connectivity index (χ2v) is 8.74. The predicted octanol–water partition coefficient (Wildman–Crippen LogP) is 2.54. The summed E-state index contributed by atoms with van der Waals surface area (Å²) in [6.45, 7) is 3.17. The van der Waals surface area contributed by atoms with Gasteiger partial charge in [-0.25, -0.2) is 8.42 Å². The molecule has 128 valence electrons. The average Bonchev–Trinajstić information content (AvgIpc) is 3.02. The highest BCUT2D eigenvalue weighted by atomic mass is 32.2. The van der Waals surface area contributed by atoms with Crippen molar-refractivity contribution >= 4 is 38.0 Å². The van der Waals surface area contributed by atoms with E-state index >= 15 is 0 Å². The maximum Gasteiger partial charge on any atom is 0.256 e.